The molecule has 94 valence electrons. The third kappa shape index (κ3) is 2.90. The van der Waals surface area contributed by atoms with Gasteiger partial charge >= 0.3 is 0 Å². The number of likely N-dealkylation sites (tertiary alicyclic amines) is 1. The van der Waals surface area contributed by atoms with Crippen molar-refractivity contribution in [1.82, 2.24) is 4.90 Å². The van der Waals surface area contributed by atoms with Crippen molar-refractivity contribution in [3.05, 3.63) is 23.8 Å². The second-order valence-electron chi connectivity index (χ2n) is 4.92. The Labute approximate surface area is 102 Å². The van der Waals surface area contributed by atoms with Crippen LogP contribution in [0.5, 0.6) is 11.5 Å². The third-order valence-corrected chi connectivity index (χ3v) is 3.50. The van der Waals surface area contributed by atoms with E-state index in [1.807, 2.05) is 0 Å². The van der Waals surface area contributed by atoms with Crippen molar-refractivity contribution in [1.29, 1.82) is 0 Å². The van der Waals surface area contributed by atoms with Crippen LogP contribution in [0.3, 0.4) is 0 Å². The molecule has 1 aromatic rings. The molecule has 1 heterocycles. The Bertz CT molecular complexity index is 395. The average molecular weight is 236 g/mol. The van der Waals surface area contributed by atoms with Crippen LogP contribution in [0, 0.1) is 0 Å². The first-order chi connectivity index (χ1) is 8.06. The van der Waals surface area contributed by atoms with E-state index in [0.29, 0.717) is 18.6 Å². The van der Waals surface area contributed by atoms with Gasteiger partial charge in [0, 0.05) is 36.8 Å². The number of nitrogens with zero attached hydrogens (tertiary/aromatic N) is 1. The molecule has 17 heavy (non-hydrogen) atoms. The Morgan fingerprint density at radius 2 is 2.18 bits per heavy atom. The Hall–Kier alpha value is -1.26. The number of nitrogens with two attached hydrogens (primary N) is 1. The number of hydrogen-bond donors (Lipinski definition) is 3. The van der Waals surface area contributed by atoms with Gasteiger partial charge in [0.05, 0.1) is 0 Å². The minimum Gasteiger partial charge on any atom is -0.508 e. The minimum absolute atomic E-state index is 0.0972. The largest absolute Gasteiger partial charge is 0.508 e. The molecule has 1 aliphatic rings. The van der Waals surface area contributed by atoms with E-state index in [4.69, 9.17) is 5.73 Å². The van der Waals surface area contributed by atoms with Crippen LogP contribution in [0.2, 0.25) is 0 Å². The molecule has 2 atom stereocenters. The SMILES string of the molecule is CC1CC(N)CCN1Cc1ccc(O)cc1O. The molecule has 1 fully saturated rings. The molecule has 4 N–H and O–H groups in total. The zero-order valence-electron chi connectivity index (χ0n) is 10.1. The molecule has 2 rings (SSSR count). The molecule has 0 saturated carbocycles. The monoisotopic (exact) mass is 236 g/mol. The zero-order chi connectivity index (χ0) is 12.4. The summed E-state index contributed by atoms with van der Waals surface area (Å²) in [4.78, 5) is 2.31. The summed E-state index contributed by atoms with van der Waals surface area (Å²) < 4.78 is 0. The molecule has 0 bridgehead atoms. The first-order valence-corrected chi connectivity index (χ1v) is 6.06. The molecule has 0 amide bonds. The summed E-state index contributed by atoms with van der Waals surface area (Å²) in [5.41, 5.74) is 6.77. The van der Waals surface area contributed by atoms with Gasteiger partial charge < -0.3 is 15.9 Å². The molecule has 1 saturated heterocycles. The summed E-state index contributed by atoms with van der Waals surface area (Å²) in [5, 5.41) is 19.0. The maximum absolute atomic E-state index is 9.75. The van der Waals surface area contributed by atoms with Gasteiger partial charge in [0.25, 0.3) is 0 Å². The van der Waals surface area contributed by atoms with Crippen molar-refractivity contribution in [2.75, 3.05) is 6.54 Å². The maximum atomic E-state index is 9.75. The molecule has 2 unspecified atom stereocenters. The number of phenols is 2. The summed E-state index contributed by atoms with van der Waals surface area (Å²) in [7, 11) is 0. The van der Waals surface area contributed by atoms with Crippen LogP contribution in [0.15, 0.2) is 18.2 Å². The summed E-state index contributed by atoms with van der Waals surface area (Å²) in [5.74, 6) is 0.257. The first-order valence-electron chi connectivity index (χ1n) is 6.06. The van der Waals surface area contributed by atoms with Crippen molar-refractivity contribution < 1.29 is 10.2 Å². The molecule has 1 aliphatic heterocycles. The van der Waals surface area contributed by atoms with Crippen LogP contribution in [-0.2, 0) is 6.54 Å². The Kier molecular flexibility index (Phi) is 3.54. The summed E-state index contributed by atoms with van der Waals surface area (Å²) in [6, 6.07) is 5.50. The van der Waals surface area contributed by atoms with Crippen LogP contribution >= 0.6 is 0 Å². The summed E-state index contributed by atoms with van der Waals surface area (Å²) >= 11 is 0. The van der Waals surface area contributed by atoms with Gasteiger partial charge in [-0.1, -0.05) is 6.07 Å². The van der Waals surface area contributed by atoms with Gasteiger partial charge in [-0.15, -0.1) is 0 Å². The fraction of sp³-hybridized carbons (Fsp3) is 0.538. The molecule has 0 radical (unpaired) electrons. The number of benzene rings is 1. The standard InChI is InChI=1S/C13H20N2O2/c1-9-6-11(14)4-5-15(9)8-10-2-3-12(16)7-13(10)17/h2-3,7,9,11,16-17H,4-6,8,14H2,1H3. The van der Waals surface area contributed by atoms with Crippen molar-refractivity contribution >= 4 is 0 Å². The van der Waals surface area contributed by atoms with E-state index in [-0.39, 0.29) is 11.5 Å². The van der Waals surface area contributed by atoms with E-state index >= 15 is 0 Å². The molecule has 4 nitrogen and oxygen atoms in total. The highest BCUT2D eigenvalue weighted by Crippen LogP contribution is 2.26. The van der Waals surface area contributed by atoms with Crippen LogP contribution in [-0.4, -0.2) is 33.7 Å². The number of rotatable bonds is 2. The van der Waals surface area contributed by atoms with Gasteiger partial charge in [0.1, 0.15) is 11.5 Å². The van der Waals surface area contributed by atoms with E-state index in [1.54, 1.807) is 12.1 Å². The van der Waals surface area contributed by atoms with E-state index in [9.17, 15) is 10.2 Å². The van der Waals surface area contributed by atoms with Crippen molar-refractivity contribution in [2.24, 2.45) is 5.73 Å². The van der Waals surface area contributed by atoms with E-state index < -0.39 is 0 Å². The topological polar surface area (TPSA) is 69.7 Å². The van der Waals surface area contributed by atoms with Crippen LogP contribution in [0.4, 0.5) is 0 Å². The smallest absolute Gasteiger partial charge is 0.123 e. The van der Waals surface area contributed by atoms with Crippen LogP contribution in [0.1, 0.15) is 25.3 Å². The molecule has 0 aromatic heterocycles. The number of piperidine rings is 1. The van der Waals surface area contributed by atoms with Crippen LogP contribution < -0.4 is 5.73 Å². The van der Waals surface area contributed by atoms with E-state index in [2.05, 4.69) is 11.8 Å². The average Bonchev–Trinajstić information content (AvgIpc) is 2.25. The van der Waals surface area contributed by atoms with Gasteiger partial charge in [-0.05, 0) is 25.8 Å². The Morgan fingerprint density at radius 3 is 2.82 bits per heavy atom. The lowest BCUT2D eigenvalue weighted by Crippen LogP contribution is -2.44. The minimum atomic E-state index is 0.0972. The van der Waals surface area contributed by atoms with Gasteiger partial charge in [-0.2, -0.15) is 0 Å². The predicted molar refractivity (Wildman–Crippen MR) is 66.9 cm³/mol. The molecular weight excluding hydrogens is 216 g/mol. The highest BCUT2D eigenvalue weighted by atomic mass is 16.3. The number of hydrogen-bond acceptors (Lipinski definition) is 4. The lowest BCUT2D eigenvalue weighted by Gasteiger charge is -2.36. The fourth-order valence-corrected chi connectivity index (χ4v) is 2.40. The fourth-order valence-electron chi connectivity index (χ4n) is 2.40. The molecule has 4 heteroatoms. The molecule has 1 aromatic carbocycles. The number of phenolic OH excluding ortho intramolecular Hbond substituents is 2. The summed E-state index contributed by atoms with van der Waals surface area (Å²) in [6.45, 7) is 3.83. The normalized spacial score (nSPS) is 26.0. The van der Waals surface area contributed by atoms with E-state index in [1.165, 1.54) is 6.07 Å². The van der Waals surface area contributed by atoms with Crippen molar-refractivity contribution in [3.8, 4) is 11.5 Å². The van der Waals surface area contributed by atoms with Gasteiger partial charge in [-0.25, -0.2) is 0 Å². The Morgan fingerprint density at radius 1 is 1.41 bits per heavy atom. The quantitative estimate of drug-likeness (QED) is 0.726. The maximum Gasteiger partial charge on any atom is 0.123 e. The highest BCUT2D eigenvalue weighted by Gasteiger charge is 2.23. The van der Waals surface area contributed by atoms with Gasteiger partial charge in [-0.3, -0.25) is 4.90 Å². The van der Waals surface area contributed by atoms with Crippen LogP contribution in [0.25, 0.3) is 0 Å². The molecule has 0 aliphatic carbocycles. The molecular formula is C13H20N2O2. The second-order valence-corrected chi connectivity index (χ2v) is 4.92. The summed E-state index contributed by atoms with van der Waals surface area (Å²) in [6.07, 6.45) is 2.00. The van der Waals surface area contributed by atoms with E-state index in [0.717, 1.165) is 24.9 Å². The lowest BCUT2D eigenvalue weighted by atomic mass is 9.98. The second kappa shape index (κ2) is 4.94. The highest BCUT2D eigenvalue weighted by molar-refractivity contribution is 5.38. The predicted octanol–water partition coefficient (Wildman–Crippen LogP) is 1.41. The van der Waals surface area contributed by atoms with Crippen molar-refractivity contribution in [2.45, 2.75) is 38.4 Å². The third-order valence-electron chi connectivity index (χ3n) is 3.50. The van der Waals surface area contributed by atoms with Crippen molar-refractivity contribution in [3.63, 3.8) is 0 Å². The van der Waals surface area contributed by atoms with Gasteiger partial charge in [0.15, 0.2) is 0 Å². The zero-order valence-corrected chi connectivity index (χ0v) is 10.1. The Balaban J connectivity index is 2.05. The molecule has 0 spiro atoms. The first kappa shape index (κ1) is 12.2. The number of aromatic hydroxyl groups is 2. The lowest BCUT2D eigenvalue weighted by molar-refractivity contribution is 0.139. The van der Waals surface area contributed by atoms with Gasteiger partial charge in [0.2, 0.25) is 0 Å².